The number of allylic oxidation sites excluding steroid dienone is 1. The van der Waals surface area contributed by atoms with Crippen molar-refractivity contribution in [3.05, 3.63) is 30.2 Å². The zero-order valence-electron chi connectivity index (χ0n) is 13.1. The number of thiophene rings is 1. The van der Waals surface area contributed by atoms with Gasteiger partial charge in [0.15, 0.2) is 5.96 Å². The standard InChI is InChI=1S/C14H24N4O2S2/c1-4-5-6-11-18(3)14(15-2)16-9-10-17-22(19,20)13-8-7-12-21-13/h4,7-8,12,17H,1,5-6,9-11H2,2-3H3,(H,15,16). The predicted molar refractivity (Wildman–Crippen MR) is 92.9 cm³/mol. The van der Waals surface area contributed by atoms with Crippen LogP contribution in [0.15, 0.2) is 39.4 Å². The number of aliphatic imine (C=N–C) groups is 1. The monoisotopic (exact) mass is 344 g/mol. The van der Waals surface area contributed by atoms with Crippen molar-refractivity contribution in [3.63, 3.8) is 0 Å². The third-order valence-electron chi connectivity index (χ3n) is 2.94. The molecule has 0 amide bonds. The van der Waals surface area contributed by atoms with Gasteiger partial charge in [0.05, 0.1) is 0 Å². The Hall–Kier alpha value is -1.38. The molecule has 0 aliphatic carbocycles. The van der Waals surface area contributed by atoms with Crippen LogP contribution in [0.4, 0.5) is 0 Å². The molecule has 0 atom stereocenters. The lowest BCUT2D eigenvalue weighted by Gasteiger charge is -2.21. The molecule has 2 N–H and O–H groups in total. The molecule has 6 nitrogen and oxygen atoms in total. The first-order chi connectivity index (χ1) is 10.5. The van der Waals surface area contributed by atoms with Crippen LogP contribution in [0.2, 0.25) is 0 Å². The molecule has 1 aromatic heterocycles. The molecule has 124 valence electrons. The Bertz CT molecular complexity index is 568. The zero-order chi connectivity index (χ0) is 16.4. The number of nitrogens with one attached hydrogen (secondary N) is 2. The average Bonchev–Trinajstić information content (AvgIpc) is 3.02. The van der Waals surface area contributed by atoms with Gasteiger partial charge in [-0.2, -0.15) is 0 Å². The molecule has 0 bridgehead atoms. The van der Waals surface area contributed by atoms with Crippen molar-refractivity contribution in [2.45, 2.75) is 17.1 Å². The molecule has 22 heavy (non-hydrogen) atoms. The second-order valence-electron chi connectivity index (χ2n) is 4.66. The van der Waals surface area contributed by atoms with Gasteiger partial charge in [-0.1, -0.05) is 12.1 Å². The SMILES string of the molecule is C=CCCCN(C)C(=NC)NCCNS(=O)(=O)c1cccs1. The Morgan fingerprint density at radius 2 is 2.27 bits per heavy atom. The molecule has 8 heteroatoms. The third-order valence-corrected chi connectivity index (χ3v) is 5.79. The molecule has 0 radical (unpaired) electrons. The number of sulfonamides is 1. The highest BCUT2D eigenvalue weighted by Gasteiger charge is 2.14. The van der Waals surface area contributed by atoms with Crippen molar-refractivity contribution >= 4 is 27.3 Å². The zero-order valence-corrected chi connectivity index (χ0v) is 14.7. The summed E-state index contributed by atoms with van der Waals surface area (Å²) >= 11 is 1.20. The van der Waals surface area contributed by atoms with E-state index in [9.17, 15) is 8.42 Å². The molecule has 1 heterocycles. The Balaban J connectivity index is 2.34. The van der Waals surface area contributed by atoms with Gasteiger partial charge in [-0.05, 0) is 24.3 Å². The highest BCUT2D eigenvalue weighted by Crippen LogP contribution is 2.14. The fraction of sp³-hybridized carbons (Fsp3) is 0.500. The quantitative estimate of drug-likeness (QED) is 0.308. The first kappa shape index (κ1) is 18.7. The van der Waals surface area contributed by atoms with Gasteiger partial charge in [0.25, 0.3) is 0 Å². The van der Waals surface area contributed by atoms with E-state index >= 15 is 0 Å². The summed E-state index contributed by atoms with van der Waals surface area (Å²) in [4.78, 5) is 6.19. The van der Waals surface area contributed by atoms with Gasteiger partial charge in [-0.15, -0.1) is 17.9 Å². The smallest absolute Gasteiger partial charge is 0.250 e. The number of unbranched alkanes of at least 4 members (excludes halogenated alkanes) is 1. The van der Waals surface area contributed by atoms with Crippen LogP contribution in [0.3, 0.4) is 0 Å². The predicted octanol–water partition coefficient (Wildman–Crippen LogP) is 1.50. The first-order valence-corrected chi connectivity index (χ1v) is 9.43. The van der Waals surface area contributed by atoms with E-state index in [2.05, 4.69) is 21.6 Å². The summed E-state index contributed by atoms with van der Waals surface area (Å²) in [7, 11) is 0.268. The summed E-state index contributed by atoms with van der Waals surface area (Å²) < 4.78 is 26.8. The van der Waals surface area contributed by atoms with E-state index in [1.54, 1.807) is 24.6 Å². The van der Waals surface area contributed by atoms with Gasteiger partial charge in [0, 0.05) is 33.7 Å². The highest BCUT2D eigenvalue weighted by molar-refractivity contribution is 7.91. The molecule has 0 spiro atoms. The molecule has 0 saturated heterocycles. The lowest BCUT2D eigenvalue weighted by Crippen LogP contribution is -2.42. The van der Waals surface area contributed by atoms with Gasteiger partial charge >= 0.3 is 0 Å². The molecule has 0 fully saturated rings. The van der Waals surface area contributed by atoms with E-state index in [0.717, 1.165) is 25.3 Å². The summed E-state index contributed by atoms with van der Waals surface area (Å²) in [6.45, 7) is 5.35. The van der Waals surface area contributed by atoms with E-state index in [-0.39, 0.29) is 0 Å². The number of hydrogen-bond acceptors (Lipinski definition) is 4. The second-order valence-corrected chi connectivity index (χ2v) is 7.60. The maximum Gasteiger partial charge on any atom is 0.250 e. The lowest BCUT2D eigenvalue weighted by molar-refractivity contribution is 0.470. The first-order valence-electron chi connectivity index (χ1n) is 7.07. The molecule has 0 aliphatic rings. The van der Waals surface area contributed by atoms with Crippen LogP contribution >= 0.6 is 11.3 Å². The lowest BCUT2D eigenvalue weighted by atomic mass is 10.3. The van der Waals surface area contributed by atoms with E-state index in [1.807, 2.05) is 18.0 Å². The Morgan fingerprint density at radius 1 is 1.50 bits per heavy atom. The van der Waals surface area contributed by atoms with E-state index in [1.165, 1.54) is 11.3 Å². The molecule has 0 aromatic carbocycles. The van der Waals surface area contributed by atoms with Crippen LogP contribution in [0.5, 0.6) is 0 Å². The van der Waals surface area contributed by atoms with Gasteiger partial charge in [-0.25, -0.2) is 13.1 Å². The van der Waals surface area contributed by atoms with Crippen LogP contribution in [-0.2, 0) is 10.0 Å². The number of nitrogens with zero attached hydrogens (tertiary/aromatic N) is 2. The average molecular weight is 345 g/mol. The number of guanidine groups is 1. The molecular formula is C14H24N4O2S2. The van der Waals surface area contributed by atoms with Crippen molar-refractivity contribution in [2.75, 3.05) is 33.7 Å². The summed E-state index contributed by atoms with van der Waals surface area (Å²) in [5.41, 5.74) is 0. The van der Waals surface area contributed by atoms with Gasteiger partial charge in [0.2, 0.25) is 10.0 Å². The summed E-state index contributed by atoms with van der Waals surface area (Å²) in [6, 6.07) is 3.31. The van der Waals surface area contributed by atoms with Crippen LogP contribution in [0.25, 0.3) is 0 Å². The van der Waals surface area contributed by atoms with Crippen LogP contribution in [0, 0.1) is 0 Å². The Kier molecular flexibility index (Phi) is 8.15. The van der Waals surface area contributed by atoms with Crippen molar-refractivity contribution in [2.24, 2.45) is 4.99 Å². The van der Waals surface area contributed by atoms with Gasteiger partial charge in [-0.3, -0.25) is 4.99 Å². The van der Waals surface area contributed by atoms with Gasteiger partial charge in [0.1, 0.15) is 4.21 Å². The number of rotatable bonds is 9. The second kappa shape index (κ2) is 9.60. The fourth-order valence-corrected chi connectivity index (χ4v) is 3.88. The fourth-order valence-electron chi connectivity index (χ4n) is 1.81. The highest BCUT2D eigenvalue weighted by atomic mass is 32.2. The van der Waals surface area contributed by atoms with Crippen molar-refractivity contribution in [3.8, 4) is 0 Å². The van der Waals surface area contributed by atoms with Crippen LogP contribution < -0.4 is 10.0 Å². The van der Waals surface area contributed by atoms with Crippen LogP contribution in [0.1, 0.15) is 12.8 Å². The Morgan fingerprint density at radius 3 is 2.86 bits per heavy atom. The van der Waals surface area contributed by atoms with Crippen LogP contribution in [-0.4, -0.2) is 53.0 Å². The maximum atomic E-state index is 11.9. The third kappa shape index (κ3) is 6.17. The topological polar surface area (TPSA) is 73.8 Å². The molecule has 1 rings (SSSR count). The Labute approximate surface area is 137 Å². The summed E-state index contributed by atoms with van der Waals surface area (Å²) in [5.74, 6) is 0.749. The van der Waals surface area contributed by atoms with E-state index < -0.39 is 10.0 Å². The largest absolute Gasteiger partial charge is 0.355 e. The van der Waals surface area contributed by atoms with E-state index in [0.29, 0.717) is 17.3 Å². The summed E-state index contributed by atoms with van der Waals surface area (Å²) in [6.07, 6.45) is 3.86. The normalized spacial score (nSPS) is 12.2. The van der Waals surface area contributed by atoms with E-state index in [4.69, 9.17) is 0 Å². The van der Waals surface area contributed by atoms with Crippen molar-refractivity contribution in [1.82, 2.24) is 14.9 Å². The molecule has 1 aromatic rings. The molecular weight excluding hydrogens is 320 g/mol. The maximum absolute atomic E-state index is 11.9. The van der Waals surface area contributed by atoms with Crippen molar-refractivity contribution < 1.29 is 8.42 Å². The van der Waals surface area contributed by atoms with Gasteiger partial charge < -0.3 is 10.2 Å². The molecule has 0 aliphatic heterocycles. The minimum atomic E-state index is -3.40. The minimum Gasteiger partial charge on any atom is -0.355 e. The minimum absolute atomic E-state index is 0.305. The molecule has 0 unspecified atom stereocenters. The molecule has 0 saturated carbocycles. The summed E-state index contributed by atoms with van der Waals surface area (Å²) in [5, 5.41) is 4.88. The van der Waals surface area contributed by atoms with Crippen molar-refractivity contribution in [1.29, 1.82) is 0 Å². The number of hydrogen-bond donors (Lipinski definition) is 2.